The molecule has 188 valence electrons. The zero-order chi connectivity index (χ0) is 26.4. The molecule has 0 fully saturated rings. The van der Waals surface area contributed by atoms with E-state index in [1.54, 1.807) is 48.5 Å². The second kappa shape index (κ2) is 9.06. The minimum Gasteiger partial charge on any atom is -0.456 e. The van der Waals surface area contributed by atoms with Crippen LogP contribution in [-0.4, -0.2) is 16.8 Å². The van der Waals surface area contributed by atoms with Crippen molar-refractivity contribution >= 4 is 53.4 Å². The molecule has 8 nitrogen and oxygen atoms in total. The number of rotatable bonds is 6. The van der Waals surface area contributed by atoms with E-state index in [9.17, 15) is 21.6 Å². The third-order valence-corrected chi connectivity index (χ3v) is 8.64. The smallest absolute Gasteiger partial charge is 0.261 e. The Morgan fingerprint density at radius 3 is 1.32 bits per heavy atom. The lowest BCUT2D eigenvalue weighted by molar-refractivity contribution is 0.599. The first-order chi connectivity index (χ1) is 17.5. The summed E-state index contributed by atoms with van der Waals surface area (Å²) >= 11 is 0. The third kappa shape index (κ3) is 4.68. The minimum absolute atomic E-state index is 0.0184. The van der Waals surface area contributed by atoms with E-state index < -0.39 is 25.5 Å². The van der Waals surface area contributed by atoms with Crippen molar-refractivity contribution in [3.8, 4) is 0 Å². The molecular formula is C27H22N2O6S2. The fourth-order valence-corrected chi connectivity index (χ4v) is 6.10. The summed E-state index contributed by atoms with van der Waals surface area (Å²) in [7, 11) is -8.02. The average Bonchev–Trinajstić information content (AvgIpc) is 2.84. The Labute approximate surface area is 213 Å². The van der Waals surface area contributed by atoms with E-state index in [2.05, 4.69) is 9.44 Å². The van der Waals surface area contributed by atoms with Gasteiger partial charge in [0.05, 0.1) is 31.9 Å². The van der Waals surface area contributed by atoms with Crippen LogP contribution in [0.4, 0.5) is 11.4 Å². The van der Waals surface area contributed by atoms with E-state index in [4.69, 9.17) is 4.42 Å². The molecule has 5 aromatic rings. The lowest BCUT2D eigenvalue weighted by atomic mass is 10.1. The molecule has 0 saturated carbocycles. The number of fused-ring (bicyclic) bond motifs is 2. The van der Waals surface area contributed by atoms with Gasteiger partial charge in [0.25, 0.3) is 20.0 Å². The van der Waals surface area contributed by atoms with Crippen LogP contribution in [0.1, 0.15) is 11.1 Å². The van der Waals surface area contributed by atoms with Crippen molar-refractivity contribution in [3.05, 3.63) is 106 Å². The Kier molecular flexibility index (Phi) is 6.01. The zero-order valence-corrected chi connectivity index (χ0v) is 21.5. The molecule has 4 aromatic carbocycles. The topological polar surface area (TPSA) is 123 Å². The van der Waals surface area contributed by atoms with E-state index in [1.165, 1.54) is 36.4 Å². The molecule has 0 radical (unpaired) electrons. The minimum atomic E-state index is -4.01. The van der Waals surface area contributed by atoms with Gasteiger partial charge in [-0.2, -0.15) is 0 Å². The lowest BCUT2D eigenvalue weighted by Gasteiger charge is -2.13. The number of aryl methyl sites for hydroxylation is 2. The Balaban J connectivity index is 1.65. The number of hydrogen-bond donors (Lipinski definition) is 2. The summed E-state index contributed by atoms with van der Waals surface area (Å²) in [6.45, 7) is 3.69. The van der Waals surface area contributed by atoms with Crippen molar-refractivity contribution in [2.24, 2.45) is 0 Å². The Morgan fingerprint density at radius 1 is 0.568 bits per heavy atom. The van der Waals surface area contributed by atoms with Gasteiger partial charge in [0, 0.05) is 0 Å². The molecule has 37 heavy (non-hydrogen) atoms. The monoisotopic (exact) mass is 534 g/mol. The predicted octanol–water partition coefficient (Wildman–Crippen LogP) is 5.16. The second-order valence-corrected chi connectivity index (χ2v) is 12.0. The van der Waals surface area contributed by atoms with Gasteiger partial charge in [0.15, 0.2) is 0 Å². The molecule has 10 heteroatoms. The fraction of sp³-hybridized carbons (Fsp3) is 0.0741. The van der Waals surface area contributed by atoms with Gasteiger partial charge in [-0.3, -0.25) is 14.2 Å². The van der Waals surface area contributed by atoms with Crippen LogP contribution >= 0.6 is 0 Å². The molecular weight excluding hydrogens is 512 g/mol. The van der Waals surface area contributed by atoms with Crippen molar-refractivity contribution in [1.29, 1.82) is 0 Å². The highest BCUT2D eigenvalue weighted by Crippen LogP contribution is 2.30. The summed E-state index contributed by atoms with van der Waals surface area (Å²) in [5.41, 5.74) is 1.56. The summed E-state index contributed by atoms with van der Waals surface area (Å²) < 4.78 is 63.0. The van der Waals surface area contributed by atoms with Crippen molar-refractivity contribution in [3.63, 3.8) is 0 Å². The quantitative estimate of drug-likeness (QED) is 0.290. The van der Waals surface area contributed by atoms with Crippen LogP contribution in [0.3, 0.4) is 0 Å². The lowest BCUT2D eigenvalue weighted by Crippen LogP contribution is -2.17. The molecule has 1 heterocycles. The number of sulfonamides is 2. The van der Waals surface area contributed by atoms with Crippen LogP contribution in [0.5, 0.6) is 0 Å². The number of benzene rings is 4. The summed E-state index contributed by atoms with van der Waals surface area (Å²) in [5, 5.41) is -0.0414. The fourth-order valence-electron chi connectivity index (χ4n) is 3.96. The van der Waals surface area contributed by atoms with Crippen LogP contribution in [0.25, 0.3) is 21.9 Å². The second-order valence-electron chi connectivity index (χ2n) is 8.63. The average molecular weight is 535 g/mol. The molecule has 5 rings (SSSR count). The van der Waals surface area contributed by atoms with Crippen molar-refractivity contribution in [1.82, 2.24) is 0 Å². The van der Waals surface area contributed by atoms with Crippen LogP contribution < -0.4 is 14.9 Å². The van der Waals surface area contributed by atoms with Gasteiger partial charge >= 0.3 is 0 Å². The van der Waals surface area contributed by atoms with Crippen LogP contribution in [0, 0.1) is 13.8 Å². The summed E-state index contributed by atoms with van der Waals surface area (Å²) in [4.78, 5) is 13.8. The summed E-state index contributed by atoms with van der Waals surface area (Å²) in [5.74, 6) is 0. The Bertz CT molecular complexity index is 1790. The normalized spacial score (nSPS) is 12.1. The van der Waals surface area contributed by atoms with E-state index in [0.29, 0.717) is 0 Å². The highest BCUT2D eigenvalue weighted by Gasteiger charge is 2.21. The van der Waals surface area contributed by atoms with Crippen LogP contribution in [0.15, 0.2) is 104 Å². The molecule has 0 aliphatic heterocycles. The van der Waals surface area contributed by atoms with Crippen LogP contribution in [-0.2, 0) is 20.0 Å². The highest BCUT2D eigenvalue weighted by atomic mass is 32.2. The maximum Gasteiger partial charge on any atom is 0.261 e. The molecule has 0 bridgehead atoms. The first-order valence-electron chi connectivity index (χ1n) is 11.2. The molecule has 0 spiro atoms. The maximum atomic E-state index is 13.7. The van der Waals surface area contributed by atoms with Gasteiger partial charge in [0.2, 0.25) is 5.43 Å². The number of hydrogen-bond acceptors (Lipinski definition) is 6. The standard InChI is InChI=1S/C27H22N2O6S2/c1-17-9-13-19(14-10-17)36(31,32)28-21-5-3-7-23-25(21)27(30)26-22(6-4-8-24(26)35-23)29-37(33,34)20-15-11-18(2)12-16-20/h3-16,28-29H,1-2H3. The van der Waals surface area contributed by atoms with E-state index in [-0.39, 0.29) is 43.1 Å². The molecule has 0 atom stereocenters. The Morgan fingerprint density at radius 2 is 0.946 bits per heavy atom. The van der Waals surface area contributed by atoms with Gasteiger partial charge < -0.3 is 4.42 Å². The van der Waals surface area contributed by atoms with Crippen LogP contribution in [0.2, 0.25) is 0 Å². The largest absolute Gasteiger partial charge is 0.456 e. The van der Waals surface area contributed by atoms with Gasteiger partial charge in [-0.1, -0.05) is 47.5 Å². The van der Waals surface area contributed by atoms with Gasteiger partial charge in [-0.05, 0) is 62.4 Å². The molecule has 0 aliphatic rings. The zero-order valence-electron chi connectivity index (χ0n) is 19.8. The number of anilines is 2. The van der Waals surface area contributed by atoms with E-state index in [0.717, 1.165) is 11.1 Å². The summed E-state index contributed by atoms with van der Waals surface area (Å²) in [6.07, 6.45) is 0. The molecule has 2 N–H and O–H groups in total. The molecule has 0 unspecified atom stereocenters. The molecule has 0 aliphatic carbocycles. The van der Waals surface area contributed by atoms with Crippen molar-refractivity contribution in [2.75, 3.05) is 9.44 Å². The van der Waals surface area contributed by atoms with Gasteiger partial charge in [-0.25, -0.2) is 16.8 Å². The molecule has 0 amide bonds. The van der Waals surface area contributed by atoms with E-state index >= 15 is 0 Å². The van der Waals surface area contributed by atoms with Gasteiger partial charge in [0.1, 0.15) is 11.2 Å². The number of nitrogens with one attached hydrogen (secondary N) is 2. The first-order valence-corrected chi connectivity index (χ1v) is 14.2. The van der Waals surface area contributed by atoms with Crippen molar-refractivity contribution in [2.45, 2.75) is 23.6 Å². The van der Waals surface area contributed by atoms with E-state index in [1.807, 2.05) is 13.8 Å². The van der Waals surface area contributed by atoms with Crippen molar-refractivity contribution < 1.29 is 21.3 Å². The molecule has 1 aromatic heterocycles. The molecule has 0 saturated heterocycles. The Hall–Kier alpha value is -4.15. The first kappa shape index (κ1) is 24.5. The highest BCUT2D eigenvalue weighted by molar-refractivity contribution is 7.93. The SMILES string of the molecule is Cc1ccc(S(=O)(=O)Nc2cccc3oc4cccc(NS(=O)(=O)c5ccc(C)cc5)c4c(=O)c23)cc1. The van der Waals surface area contributed by atoms with Gasteiger partial charge in [-0.15, -0.1) is 0 Å². The predicted molar refractivity (Wildman–Crippen MR) is 144 cm³/mol. The summed E-state index contributed by atoms with van der Waals surface area (Å²) in [6, 6.07) is 21.7. The third-order valence-electron chi connectivity index (χ3n) is 5.88. The maximum absolute atomic E-state index is 13.7.